The summed E-state index contributed by atoms with van der Waals surface area (Å²) in [5.74, 6) is -3.96. The molecule has 0 unspecified atom stereocenters. The summed E-state index contributed by atoms with van der Waals surface area (Å²) in [6, 6.07) is 1.62. The van der Waals surface area contributed by atoms with E-state index in [1.165, 1.54) is 0 Å². The molecule has 1 aromatic carbocycles. The molecule has 2 aromatic rings. The Bertz CT molecular complexity index is 676. The number of nitrogens with one attached hydrogen (secondary N) is 1. The second-order valence-electron chi connectivity index (χ2n) is 5.76. The van der Waals surface area contributed by atoms with Crippen LogP contribution in [0.4, 0.5) is 13.2 Å². The van der Waals surface area contributed by atoms with Gasteiger partial charge in [0.2, 0.25) is 11.7 Å². The molecule has 1 aliphatic carbocycles. The van der Waals surface area contributed by atoms with E-state index in [0.717, 1.165) is 37.8 Å². The summed E-state index contributed by atoms with van der Waals surface area (Å²) >= 11 is 0. The molecule has 1 saturated carbocycles. The molecule has 8 heteroatoms. The fraction of sp³-hybridized carbons (Fsp3) is 0.467. The highest BCUT2D eigenvalue weighted by molar-refractivity contribution is 5.54. The van der Waals surface area contributed by atoms with Gasteiger partial charge in [0, 0.05) is 11.1 Å². The van der Waals surface area contributed by atoms with Crippen LogP contribution in [0.15, 0.2) is 16.7 Å². The summed E-state index contributed by atoms with van der Waals surface area (Å²) in [5, 5.41) is 16.4. The summed E-state index contributed by atoms with van der Waals surface area (Å²) in [7, 11) is 0. The van der Waals surface area contributed by atoms with Crippen molar-refractivity contribution in [2.45, 2.75) is 37.8 Å². The van der Waals surface area contributed by atoms with Gasteiger partial charge in [0.15, 0.2) is 17.5 Å². The lowest BCUT2D eigenvalue weighted by Gasteiger charge is -2.27. The molecule has 0 amide bonds. The maximum absolute atomic E-state index is 13.2. The van der Waals surface area contributed by atoms with Gasteiger partial charge < -0.3 is 14.9 Å². The third-order valence-electron chi connectivity index (χ3n) is 4.19. The van der Waals surface area contributed by atoms with E-state index in [0.29, 0.717) is 0 Å². The van der Waals surface area contributed by atoms with Gasteiger partial charge in [-0.3, -0.25) is 0 Å². The van der Waals surface area contributed by atoms with Gasteiger partial charge in [-0.15, -0.1) is 0 Å². The fourth-order valence-corrected chi connectivity index (χ4v) is 2.83. The minimum absolute atomic E-state index is 0.00543. The van der Waals surface area contributed by atoms with E-state index in [1.54, 1.807) is 0 Å². The van der Waals surface area contributed by atoms with Crippen LogP contribution in [0.1, 0.15) is 31.6 Å². The molecule has 1 heterocycles. The molecule has 1 fully saturated rings. The van der Waals surface area contributed by atoms with Gasteiger partial charge in [-0.25, -0.2) is 13.2 Å². The van der Waals surface area contributed by atoms with E-state index in [9.17, 15) is 18.3 Å². The molecule has 0 spiro atoms. The Kier molecular flexibility index (Phi) is 4.36. The first-order valence-corrected chi connectivity index (χ1v) is 7.36. The van der Waals surface area contributed by atoms with Crippen LogP contribution in [0.5, 0.6) is 0 Å². The number of aliphatic hydroxyl groups excluding tert-OH is 1. The zero-order valence-electron chi connectivity index (χ0n) is 12.3. The van der Waals surface area contributed by atoms with Gasteiger partial charge >= 0.3 is 0 Å². The van der Waals surface area contributed by atoms with Crippen molar-refractivity contribution in [2.24, 2.45) is 0 Å². The highest BCUT2D eigenvalue weighted by Crippen LogP contribution is 2.29. The highest BCUT2D eigenvalue weighted by Gasteiger charge is 2.33. The van der Waals surface area contributed by atoms with Crippen molar-refractivity contribution in [2.75, 3.05) is 6.61 Å². The Hall–Kier alpha value is -1.93. The number of nitrogens with zero attached hydrogens (tertiary/aromatic N) is 2. The second kappa shape index (κ2) is 6.29. The summed E-state index contributed by atoms with van der Waals surface area (Å²) in [5.41, 5.74) is -0.350. The van der Waals surface area contributed by atoms with Crippen molar-refractivity contribution >= 4 is 0 Å². The van der Waals surface area contributed by atoms with Gasteiger partial charge in [0.25, 0.3) is 0 Å². The van der Waals surface area contributed by atoms with Gasteiger partial charge in [-0.1, -0.05) is 18.0 Å². The molecule has 0 aliphatic heterocycles. The van der Waals surface area contributed by atoms with Gasteiger partial charge in [0.05, 0.1) is 13.2 Å². The Morgan fingerprint density at radius 1 is 1.17 bits per heavy atom. The molecule has 2 N–H and O–H groups in total. The number of aromatic nitrogens is 2. The SMILES string of the molecule is OCC1(NCc2nc(-c3cc(F)c(F)c(F)c3)no2)CCCC1. The van der Waals surface area contributed by atoms with Crippen molar-refractivity contribution in [1.29, 1.82) is 0 Å². The van der Waals surface area contributed by atoms with Crippen LogP contribution >= 0.6 is 0 Å². The number of rotatable bonds is 5. The molecule has 1 aromatic heterocycles. The molecule has 0 radical (unpaired) electrons. The van der Waals surface area contributed by atoms with Crippen molar-refractivity contribution in [3.63, 3.8) is 0 Å². The molecule has 3 rings (SSSR count). The molecule has 0 saturated heterocycles. The summed E-state index contributed by atoms with van der Waals surface area (Å²) < 4.78 is 44.5. The van der Waals surface area contributed by atoms with Crippen LogP contribution in [-0.2, 0) is 6.54 Å². The third-order valence-corrected chi connectivity index (χ3v) is 4.19. The standard InChI is InChI=1S/C15H16F3N3O2/c16-10-5-9(6-11(17)13(10)18)14-20-12(23-21-14)7-19-15(8-22)3-1-2-4-15/h5-6,19,22H,1-4,7-8H2. The van der Waals surface area contributed by atoms with E-state index in [4.69, 9.17) is 4.52 Å². The van der Waals surface area contributed by atoms with Crippen LogP contribution in [0.2, 0.25) is 0 Å². The van der Waals surface area contributed by atoms with E-state index >= 15 is 0 Å². The van der Waals surface area contributed by atoms with Crippen LogP contribution in [0.25, 0.3) is 11.4 Å². The number of benzene rings is 1. The van der Waals surface area contributed by atoms with Crippen LogP contribution in [0, 0.1) is 17.5 Å². The molecule has 124 valence electrons. The minimum Gasteiger partial charge on any atom is -0.394 e. The Balaban J connectivity index is 1.73. The van der Waals surface area contributed by atoms with E-state index in [-0.39, 0.29) is 36.0 Å². The van der Waals surface area contributed by atoms with E-state index < -0.39 is 17.5 Å². The van der Waals surface area contributed by atoms with Gasteiger partial charge in [-0.2, -0.15) is 4.98 Å². The van der Waals surface area contributed by atoms with Gasteiger partial charge in [-0.05, 0) is 25.0 Å². The average molecular weight is 327 g/mol. The predicted octanol–water partition coefficient (Wildman–Crippen LogP) is 2.55. The summed E-state index contributed by atoms with van der Waals surface area (Å²) in [6.07, 6.45) is 3.80. The quantitative estimate of drug-likeness (QED) is 0.826. The maximum Gasteiger partial charge on any atom is 0.240 e. The lowest BCUT2D eigenvalue weighted by molar-refractivity contribution is 0.158. The van der Waals surface area contributed by atoms with Crippen LogP contribution < -0.4 is 5.32 Å². The molecular weight excluding hydrogens is 311 g/mol. The van der Waals surface area contributed by atoms with E-state index in [1.807, 2.05) is 0 Å². The number of halogens is 3. The first-order valence-electron chi connectivity index (χ1n) is 7.36. The summed E-state index contributed by atoms with van der Waals surface area (Å²) in [6.45, 7) is 0.252. The summed E-state index contributed by atoms with van der Waals surface area (Å²) in [4.78, 5) is 4.04. The Morgan fingerprint density at radius 3 is 2.43 bits per heavy atom. The first kappa shape index (κ1) is 15.9. The molecule has 5 nitrogen and oxygen atoms in total. The first-order chi connectivity index (χ1) is 11.0. The normalized spacial score (nSPS) is 16.9. The van der Waals surface area contributed by atoms with Gasteiger partial charge in [0.1, 0.15) is 0 Å². The zero-order chi connectivity index (χ0) is 16.4. The number of hydrogen-bond donors (Lipinski definition) is 2. The molecule has 23 heavy (non-hydrogen) atoms. The molecule has 0 atom stereocenters. The lowest BCUT2D eigenvalue weighted by Crippen LogP contribution is -2.45. The van der Waals surface area contributed by atoms with Crippen molar-refractivity contribution in [1.82, 2.24) is 15.5 Å². The van der Waals surface area contributed by atoms with Crippen LogP contribution in [-0.4, -0.2) is 27.4 Å². The monoisotopic (exact) mass is 327 g/mol. The molecular formula is C15H16F3N3O2. The highest BCUT2D eigenvalue weighted by atomic mass is 19.2. The Morgan fingerprint density at radius 2 is 1.83 bits per heavy atom. The number of hydrogen-bond acceptors (Lipinski definition) is 5. The Labute approximate surface area is 130 Å². The predicted molar refractivity (Wildman–Crippen MR) is 74.7 cm³/mol. The lowest BCUT2D eigenvalue weighted by atomic mass is 9.99. The van der Waals surface area contributed by atoms with Crippen molar-refractivity contribution in [3.05, 3.63) is 35.5 Å². The largest absolute Gasteiger partial charge is 0.394 e. The number of aliphatic hydroxyl groups is 1. The van der Waals surface area contributed by atoms with E-state index in [2.05, 4.69) is 15.5 Å². The average Bonchev–Trinajstić information content (AvgIpc) is 3.20. The fourth-order valence-electron chi connectivity index (χ4n) is 2.83. The van der Waals surface area contributed by atoms with Crippen molar-refractivity contribution in [3.8, 4) is 11.4 Å². The smallest absolute Gasteiger partial charge is 0.240 e. The zero-order valence-corrected chi connectivity index (χ0v) is 12.3. The third kappa shape index (κ3) is 3.23. The maximum atomic E-state index is 13.2. The van der Waals surface area contributed by atoms with Crippen molar-refractivity contribution < 1.29 is 22.8 Å². The molecule has 0 bridgehead atoms. The minimum atomic E-state index is -1.54. The topological polar surface area (TPSA) is 71.2 Å². The molecule has 1 aliphatic rings. The van der Waals surface area contributed by atoms with Crippen LogP contribution in [0.3, 0.4) is 0 Å². The second-order valence-corrected chi connectivity index (χ2v) is 5.76.